The van der Waals surface area contributed by atoms with Crippen LogP contribution in [0.15, 0.2) is 17.9 Å². The molecule has 0 unspecified atom stereocenters. The Hall–Kier alpha value is -1.87. The van der Waals surface area contributed by atoms with Crippen molar-refractivity contribution in [2.45, 2.75) is 18.4 Å². The van der Waals surface area contributed by atoms with Crippen molar-refractivity contribution in [3.63, 3.8) is 0 Å². The lowest BCUT2D eigenvalue weighted by molar-refractivity contribution is -0.0631. The first-order valence-corrected chi connectivity index (χ1v) is 8.50. The lowest BCUT2D eigenvalue weighted by atomic mass is 9.91. The lowest BCUT2D eigenvalue weighted by Gasteiger charge is -2.47. The van der Waals surface area contributed by atoms with E-state index in [2.05, 4.69) is 30.0 Å². The Morgan fingerprint density at radius 2 is 2.00 bits per heavy atom. The van der Waals surface area contributed by atoms with E-state index < -0.39 is 5.82 Å². The van der Waals surface area contributed by atoms with E-state index in [1.165, 1.54) is 12.4 Å². The van der Waals surface area contributed by atoms with Gasteiger partial charge >= 0.3 is 0 Å². The van der Waals surface area contributed by atoms with Gasteiger partial charge in [-0.25, -0.2) is 14.4 Å². The third-order valence-electron chi connectivity index (χ3n) is 4.30. The van der Waals surface area contributed by atoms with E-state index in [0.29, 0.717) is 19.1 Å². The van der Waals surface area contributed by atoms with Crippen LogP contribution in [0, 0.1) is 5.82 Å². The Kier molecular flexibility index (Phi) is 3.82. The van der Waals surface area contributed by atoms with E-state index in [4.69, 9.17) is 4.74 Å². The molecule has 0 aromatic carbocycles. The fourth-order valence-electron chi connectivity index (χ4n) is 3.30. The fourth-order valence-corrected chi connectivity index (χ4v) is 3.89. The fraction of sp³-hybridized carbons (Fsp3) is 0.571. The van der Waals surface area contributed by atoms with E-state index in [9.17, 15) is 4.39 Å². The van der Waals surface area contributed by atoms with Crippen LogP contribution in [0.3, 0.4) is 0 Å². The molecule has 2 aliphatic rings. The van der Waals surface area contributed by atoms with E-state index in [-0.39, 0.29) is 5.60 Å². The van der Waals surface area contributed by atoms with E-state index in [1.807, 2.05) is 0 Å². The summed E-state index contributed by atoms with van der Waals surface area (Å²) in [4.78, 5) is 12.5. The molecule has 2 aromatic rings. The van der Waals surface area contributed by atoms with Crippen molar-refractivity contribution in [2.24, 2.45) is 0 Å². The van der Waals surface area contributed by atoms with Crippen molar-refractivity contribution in [3.8, 4) is 0 Å². The van der Waals surface area contributed by atoms with E-state index in [1.54, 1.807) is 16.8 Å². The molecule has 0 bridgehead atoms. The average Bonchev–Trinajstić information content (AvgIpc) is 3.10. The number of halogens is 1. The average molecular weight is 336 g/mol. The molecule has 2 aromatic heterocycles. The highest BCUT2D eigenvalue weighted by atomic mass is 32.1. The van der Waals surface area contributed by atoms with Gasteiger partial charge in [0.05, 0.1) is 32.1 Å². The van der Waals surface area contributed by atoms with Crippen LogP contribution in [-0.4, -0.2) is 58.6 Å². The van der Waals surface area contributed by atoms with Gasteiger partial charge in [-0.05, 0) is 12.8 Å². The number of anilines is 2. The minimum absolute atomic E-state index is 0.264. The maximum absolute atomic E-state index is 13.0. The SMILES string of the molecule is Fc1cnc(N2CCC[C@]3(C2)CN(c2nncs2)CCO3)nc1. The molecule has 2 fully saturated rings. The summed E-state index contributed by atoms with van der Waals surface area (Å²) in [6.07, 6.45) is 4.39. The third-order valence-corrected chi connectivity index (χ3v) is 5.05. The number of hydrogen-bond donors (Lipinski definition) is 0. The highest BCUT2D eigenvalue weighted by Gasteiger charge is 2.41. The molecule has 9 heteroatoms. The van der Waals surface area contributed by atoms with Crippen molar-refractivity contribution in [1.29, 1.82) is 0 Å². The summed E-state index contributed by atoms with van der Waals surface area (Å²) >= 11 is 1.54. The summed E-state index contributed by atoms with van der Waals surface area (Å²) in [5.41, 5.74) is 1.48. The quantitative estimate of drug-likeness (QED) is 0.820. The van der Waals surface area contributed by atoms with Crippen LogP contribution >= 0.6 is 11.3 Å². The second-order valence-corrected chi connectivity index (χ2v) is 6.71. The molecule has 23 heavy (non-hydrogen) atoms. The molecule has 0 aliphatic carbocycles. The maximum atomic E-state index is 13.0. The van der Waals surface area contributed by atoms with Crippen molar-refractivity contribution in [2.75, 3.05) is 42.6 Å². The molecule has 4 heterocycles. The van der Waals surface area contributed by atoms with Crippen LogP contribution in [0.25, 0.3) is 0 Å². The van der Waals surface area contributed by atoms with Gasteiger partial charge in [0, 0.05) is 13.1 Å². The Bertz CT molecular complexity index is 650. The summed E-state index contributed by atoms with van der Waals surface area (Å²) in [6, 6.07) is 0. The zero-order valence-corrected chi connectivity index (χ0v) is 13.4. The summed E-state index contributed by atoms with van der Waals surface area (Å²) in [5, 5.41) is 9.02. The molecular weight excluding hydrogens is 319 g/mol. The number of rotatable bonds is 2. The van der Waals surface area contributed by atoms with Gasteiger partial charge in [0.15, 0.2) is 5.82 Å². The molecule has 2 saturated heterocycles. The van der Waals surface area contributed by atoms with Gasteiger partial charge in [-0.2, -0.15) is 0 Å². The van der Waals surface area contributed by atoms with Crippen molar-refractivity contribution < 1.29 is 9.13 Å². The lowest BCUT2D eigenvalue weighted by Crippen LogP contribution is -2.60. The molecule has 0 N–H and O–H groups in total. The van der Waals surface area contributed by atoms with E-state index >= 15 is 0 Å². The standard InChI is InChI=1S/C14H17FN6OS/c15-11-6-16-12(17-7-11)20-3-1-2-14(8-20)9-21(4-5-22-14)13-19-18-10-23-13/h6-7,10H,1-5,8-9H2/t14-/m0/s1. The maximum Gasteiger partial charge on any atom is 0.225 e. The normalized spacial score (nSPS) is 25.1. The Labute approximate surface area is 137 Å². The van der Waals surface area contributed by atoms with Gasteiger partial charge in [-0.1, -0.05) is 11.3 Å². The molecule has 4 rings (SSSR count). The van der Waals surface area contributed by atoms with Crippen LogP contribution in [0.5, 0.6) is 0 Å². The monoisotopic (exact) mass is 336 g/mol. The minimum atomic E-state index is -0.420. The largest absolute Gasteiger partial charge is 0.369 e. The molecule has 0 amide bonds. The first-order chi connectivity index (χ1) is 11.2. The molecule has 1 spiro atoms. The van der Waals surface area contributed by atoms with Crippen LogP contribution < -0.4 is 9.80 Å². The smallest absolute Gasteiger partial charge is 0.225 e. The number of aromatic nitrogens is 4. The summed E-state index contributed by atoms with van der Waals surface area (Å²) in [6.45, 7) is 3.82. The Morgan fingerprint density at radius 1 is 1.17 bits per heavy atom. The second kappa shape index (κ2) is 5.97. The van der Waals surface area contributed by atoms with Gasteiger partial charge < -0.3 is 14.5 Å². The molecular formula is C14H17FN6OS. The van der Waals surface area contributed by atoms with Crippen LogP contribution in [0.2, 0.25) is 0 Å². The molecule has 0 saturated carbocycles. The van der Waals surface area contributed by atoms with E-state index in [0.717, 1.165) is 37.6 Å². The molecule has 122 valence electrons. The number of nitrogens with zero attached hydrogens (tertiary/aromatic N) is 6. The minimum Gasteiger partial charge on any atom is -0.369 e. The highest BCUT2D eigenvalue weighted by molar-refractivity contribution is 7.13. The Balaban J connectivity index is 1.52. The van der Waals surface area contributed by atoms with Gasteiger partial charge in [0.1, 0.15) is 11.1 Å². The zero-order valence-electron chi connectivity index (χ0n) is 12.6. The Morgan fingerprint density at radius 3 is 2.78 bits per heavy atom. The third kappa shape index (κ3) is 2.98. The van der Waals surface area contributed by atoms with Crippen molar-refractivity contribution in [1.82, 2.24) is 20.2 Å². The van der Waals surface area contributed by atoms with Gasteiger partial charge in [0.25, 0.3) is 0 Å². The number of piperidine rings is 1. The topological polar surface area (TPSA) is 67.3 Å². The summed E-state index contributed by atoms with van der Waals surface area (Å²) in [5.74, 6) is 0.138. The first-order valence-electron chi connectivity index (χ1n) is 7.62. The zero-order chi connectivity index (χ0) is 15.7. The van der Waals surface area contributed by atoms with Crippen molar-refractivity contribution in [3.05, 3.63) is 23.7 Å². The van der Waals surface area contributed by atoms with Gasteiger partial charge in [-0.3, -0.25) is 0 Å². The van der Waals surface area contributed by atoms with Crippen molar-refractivity contribution >= 4 is 22.4 Å². The van der Waals surface area contributed by atoms with Gasteiger partial charge in [0.2, 0.25) is 11.1 Å². The molecule has 2 aliphatic heterocycles. The van der Waals surface area contributed by atoms with Gasteiger partial charge in [-0.15, -0.1) is 10.2 Å². The first kappa shape index (κ1) is 14.7. The van der Waals surface area contributed by atoms with Crippen LogP contribution in [-0.2, 0) is 4.74 Å². The molecule has 7 nitrogen and oxygen atoms in total. The van der Waals surface area contributed by atoms with Crippen LogP contribution in [0.4, 0.5) is 15.5 Å². The summed E-state index contributed by atoms with van der Waals surface area (Å²) in [7, 11) is 0. The molecule has 1 atom stereocenters. The predicted molar refractivity (Wildman–Crippen MR) is 84.2 cm³/mol. The summed E-state index contributed by atoms with van der Waals surface area (Å²) < 4.78 is 19.2. The highest BCUT2D eigenvalue weighted by Crippen LogP contribution is 2.32. The number of morpholine rings is 1. The second-order valence-electron chi connectivity index (χ2n) is 5.90. The predicted octanol–water partition coefficient (Wildman–Crippen LogP) is 1.34. The number of ether oxygens (including phenoxy) is 1. The molecule has 0 radical (unpaired) electrons. The number of hydrogen-bond acceptors (Lipinski definition) is 8. The van der Waals surface area contributed by atoms with Crippen LogP contribution in [0.1, 0.15) is 12.8 Å².